The van der Waals surface area contributed by atoms with E-state index in [1.165, 1.54) is 38.5 Å². The van der Waals surface area contributed by atoms with Crippen LogP contribution in [0.1, 0.15) is 73.7 Å². The molecule has 1 aromatic rings. The Morgan fingerprint density at radius 3 is 2.46 bits per heavy atom. The van der Waals surface area contributed by atoms with Crippen molar-refractivity contribution in [2.75, 3.05) is 13.1 Å². The molecule has 1 amide bonds. The van der Waals surface area contributed by atoms with Crippen molar-refractivity contribution in [2.45, 2.75) is 63.4 Å². The van der Waals surface area contributed by atoms with E-state index in [0.29, 0.717) is 24.4 Å². The summed E-state index contributed by atoms with van der Waals surface area (Å²) in [5, 5.41) is 0. The zero-order valence-electron chi connectivity index (χ0n) is 16.5. The van der Waals surface area contributed by atoms with E-state index in [0.717, 1.165) is 42.7 Å². The molecule has 1 aromatic carbocycles. The van der Waals surface area contributed by atoms with Crippen LogP contribution in [-0.2, 0) is 15.1 Å². The van der Waals surface area contributed by atoms with Gasteiger partial charge in [0.05, 0.1) is 12.1 Å². The molecule has 1 saturated heterocycles. The molecule has 1 unspecified atom stereocenters. The van der Waals surface area contributed by atoms with E-state index in [-0.39, 0.29) is 11.4 Å². The number of fused-ring (bicyclic) bond motifs is 2. The third-order valence-corrected chi connectivity index (χ3v) is 8.42. The summed E-state index contributed by atoms with van der Waals surface area (Å²) in [5.74, 6) is 2.67. The SMILES string of the molecule is O=C1OC2(CCCN(C(=O)CC34CC5CC(CC(C5)C3)C4)C2)c2ccccc21. The predicted molar refractivity (Wildman–Crippen MR) is 105 cm³/mol. The summed E-state index contributed by atoms with van der Waals surface area (Å²) in [4.78, 5) is 27.8. The summed E-state index contributed by atoms with van der Waals surface area (Å²) < 4.78 is 5.90. The van der Waals surface area contributed by atoms with E-state index in [2.05, 4.69) is 0 Å². The largest absolute Gasteiger partial charge is 0.449 e. The highest BCUT2D eigenvalue weighted by Gasteiger charge is 2.53. The summed E-state index contributed by atoms with van der Waals surface area (Å²) >= 11 is 0. The molecule has 0 radical (unpaired) electrons. The number of piperidine rings is 1. The summed E-state index contributed by atoms with van der Waals surface area (Å²) in [6.45, 7) is 1.33. The van der Waals surface area contributed by atoms with Crippen molar-refractivity contribution in [2.24, 2.45) is 23.2 Å². The topological polar surface area (TPSA) is 46.6 Å². The molecular formula is C24H29NO3. The Labute approximate surface area is 166 Å². The van der Waals surface area contributed by atoms with E-state index in [9.17, 15) is 9.59 Å². The zero-order chi connectivity index (χ0) is 18.9. The average molecular weight is 380 g/mol. The summed E-state index contributed by atoms with van der Waals surface area (Å²) in [5.41, 5.74) is 1.30. The van der Waals surface area contributed by atoms with Gasteiger partial charge < -0.3 is 9.64 Å². The van der Waals surface area contributed by atoms with Gasteiger partial charge in [0.2, 0.25) is 5.91 Å². The van der Waals surface area contributed by atoms with Gasteiger partial charge in [-0.25, -0.2) is 4.79 Å². The molecule has 5 fully saturated rings. The van der Waals surface area contributed by atoms with Crippen molar-refractivity contribution >= 4 is 11.9 Å². The zero-order valence-corrected chi connectivity index (χ0v) is 16.5. The third kappa shape index (κ3) is 2.49. The van der Waals surface area contributed by atoms with Crippen LogP contribution >= 0.6 is 0 Å². The van der Waals surface area contributed by atoms with Gasteiger partial charge in [0.1, 0.15) is 0 Å². The van der Waals surface area contributed by atoms with Crippen LogP contribution in [0.4, 0.5) is 0 Å². The Morgan fingerprint density at radius 1 is 1.07 bits per heavy atom. The van der Waals surface area contributed by atoms with Crippen molar-refractivity contribution in [3.63, 3.8) is 0 Å². The molecule has 6 aliphatic rings. The molecule has 4 saturated carbocycles. The van der Waals surface area contributed by atoms with Crippen LogP contribution in [0.25, 0.3) is 0 Å². The molecule has 0 aromatic heterocycles. The highest BCUT2D eigenvalue weighted by molar-refractivity contribution is 5.95. The number of esters is 1. The summed E-state index contributed by atoms with van der Waals surface area (Å²) in [6, 6.07) is 7.71. The van der Waals surface area contributed by atoms with Gasteiger partial charge in [-0.2, -0.15) is 0 Å². The third-order valence-electron chi connectivity index (χ3n) is 8.42. The number of benzene rings is 1. The first-order chi connectivity index (χ1) is 13.5. The number of amides is 1. The second-order valence-electron chi connectivity index (χ2n) is 10.4. The van der Waals surface area contributed by atoms with Gasteiger partial charge in [0.15, 0.2) is 5.60 Å². The fourth-order valence-corrected chi connectivity index (χ4v) is 7.82. The lowest BCUT2D eigenvalue weighted by Crippen LogP contribution is -2.52. The highest BCUT2D eigenvalue weighted by Crippen LogP contribution is 2.61. The van der Waals surface area contributed by atoms with Gasteiger partial charge in [0.25, 0.3) is 0 Å². The molecule has 4 aliphatic carbocycles. The Bertz CT molecular complexity index is 811. The van der Waals surface area contributed by atoms with Gasteiger partial charge >= 0.3 is 5.97 Å². The number of hydrogen-bond acceptors (Lipinski definition) is 3. The first-order valence-corrected chi connectivity index (χ1v) is 11.1. The van der Waals surface area contributed by atoms with E-state index in [4.69, 9.17) is 4.74 Å². The van der Waals surface area contributed by atoms with Gasteiger partial charge in [-0.3, -0.25) is 4.79 Å². The quantitative estimate of drug-likeness (QED) is 0.721. The highest BCUT2D eigenvalue weighted by atomic mass is 16.6. The van der Waals surface area contributed by atoms with E-state index in [1.54, 1.807) is 0 Å². The minimum absolute atomic E-state index is 0.231. The minimum Gasteiger partial charge on any atom is -0.449 e. The Kier molecular flexibility index (Phi) is 3.56. The van der Waals surface area contributed by atoms with Crippen LogP contribution in [0.5, 0.6) is 0 Å². The number of rotatable bonds is 2. The van der Waals surface area contributed by atoms with Crippen LogP contribution in [0, 0.1) is 23.2 Å². The predicted octanol–water partition coefficient (Wildman–Crippen LogP) is 4.28. The average Bonchev–Trinajstić information content (AvgIpc) is 2.92. The smallest absolute Gasteiger partial charge is 0.339 e. The lowest BCUT2D eigenvalue weighted by Gasteiger charge is -2.57. The maximum atomic E-state index is 13.4. The van der Waals surface area contributed by atoms with Crippen LogP contribution in [0.2, 0.25) is 0 Å². The molecule has 1 spiro atoms. The van der Waals surface area contributed by atoms with Gasteiger partial charge in [-0.05, 0) is 80.6 Å². The number of ether oxygens (including phenoxy) is 1. The van der Waals surface area contributed by atoms with Crippen LogP contribution in [0.15, 0.2) is 24.3 Å². The normalized spacial score (nSPS) is 40.6. The van der Waals surface area contributed by atoms with E-state index >= 15 is 0 Å². The van der Waals surface area contributed by atoms with Crippen molar-refractivity contribution in [1.82, 2.24) is 4.90 Å². The molecule has 4 bridgehead atoms. The second kappa shape index (κ2) is 5.84. The number of likely N-dealkylation sites (tertiary alicyclic amines) is 1. The maximum absolute atomic E-state index is 13.4. The Morgan fingerprint density at radius 2 is 1.75 bits per heavy atom. The number of carbonyl (C=O) groups excluding carboxylic acids is 2. The van der Waals surface area contributed by atoms with Gasteiger partial charge in [0, 0.05) is 18.5 Å². The minimum atomic E-state index is -0.622. The van der Waals surface area contributed by atoms with Crippen LogP contribution in [-0.4, -0.2) is 29.9 Å². The van der Waals surface area contributed by atoms with E-state index < -0.39 is 5.60 Å². The molecule has 148 valence electrons. The lowest BCUT2D eigenvalue weighted by atomic mass is 9.49. The number of carbonyl (C=O) groups is 2. The van der Waals surface area contributed by atoms with Crippen molar-refractivity contribution in [3.8, 4) is 0 Å². The number of nitrogens with zero attached hydrogens (tertiary/aromatic N) is 1. The second-order valence-corrected chi connectivity index (χ2v) is 10.4. The monoisotopic (exact) mass is 379 g/mol. The van der Waals surface area contributed by atoms with Crippen molar-refractivity contribution < 1.29 is 14.3 Å². The molecule has 2 aliphatic heterocycles. The molecule has 1 atom stereocenters. The standard InChI is InChI=1S/C24H29NO3/c26-21(14-23-11-16-8-17(12-23)10-18(9-16)13-23)25-7-3-6-24(15-25)20-5-2-1-4-19(20)22(27)28-24/h1-2,4-5,16-18H,3,6-15H2. The Balaban J connectivity index is 1.22. The summed E-state index contributed by atoms with van der Waals surface area (Å²) in [6.07, 6.45) is 10.4. The van der Waals surface area contributed by atoms with Crippen molar-refractivity contribution in [3.05, 3.63) is 35.4 Å². The fraction of sp³-hybridized carbons (Fsp3) is 0.667. The van der Waals surface area contributed by atoms with E-state index in [1.807, 2.05) is 29.2 Å². The molecular weight excluding hydrogens is 350 g/mol. The first-order valence-electron chi connectivity index (χ1n) is 11.1. The first kappa shape index (κ1) is 17.1. The Hall–Kier alpha value is -1.84. The lowest BCUT2D eigenvalue weighted by molar-refractivity contribution is -0.146. The molecule has 4 nitrogen and oxygen atoms in total. The molecule has 2 heterocycles. The molecule has 0 N–H and O–H groups in total. The van der Waals surface area contributed by atoms with Gasteiger partial charge in [-0.15, -0.1) is 0 Å². The molecule has 28 heavy (non-hydrogen) atoms. The van der Waals surface area contributed by atoms with Gasteiger partial charge in [-0.1, -0.05) is 18.2 Å². The molecule has 7 rings (SSSR count). The van der Waals surface area contributed by atoms with Crippen molar-refractivity contribution in [1.29, 1.82) is 0 Å². The number of hydrogen-bond donors (Lipinski definition) is 0. The van der Waals surface area contributed by atoms with Crippen LogP contribution in [0.3, 0.4) is 0 Å². The molecule has 4 heteroatoms. The fourth-order valence-electron chi connectivity index (χ4n) is 7.82. The maximum Gasteiger partial charge on any atom is 0.339 e. The summed E-state index contributed by atoms with van der Waals surface area (Å²) in [7, 11) is 0. The van der Waals surface area contributed by atoms with Crippen LogP contribution < -0.4 is 0 Å².